The number of alkyl halides is 3. The predicted octanol–water partition coefficient (Wildman–Crippen LogP) is 3.41. The topological polar surface area (TPSA) is 113 Å². The molecule has 3 rings (SSSR count). The molecule has 0 aliphatic carbocycles. The number of hydrogen-bond acceptors (Lipinski definition) is 6. The Morgan fingerprint density at radius 3 is 2.27 bits per heavy atom. The van der Waals surface area contributed by atoms with E-state index in [1.807, 2.05) is 0 Å². The highest BCUT2D eigenvalue weighted by molar-refractivity contribution is 6.58. The molecular formula is C21H11B3ClF4N3O5. The van der Waals surface area contributed by atoms with Gasteiger partial charge in [0.25, 0.3) is 11.8 Å². The van der Waals surface area contributed by atoms with Crippen LogP contribution >= 0.6 is 11.6 Å². The van der Waals surface area contributed by atoms with Gasteiger partial charge >= 0.3 is 6.36 Å². The highest BCUT2D eigenvalue weighted by atomic mass is 35.5. The van der Waals surface area contributed by atoms with Crippen molar-refractivity contribution in [3.63, 3.8) is 0 Å². The predicted molar refractivity (Wildman–Crippen MR) is 126 cm³/mol. The maximum Gasteiger partial charge on any atom is 0.573 e. The van der Waals surface area contributed by atoms with Crippen molar-refractivity contribution in [2.75, 3.05) is 5.32 Å². The second-order valence-corrected chi connectivity index (χ2v) is 7.60. The number of ether oxygens (including phenoxy) is 3. The third-order valence-corrected chi connectivity index (χ3v) is 4.50. The molecule has 3 aromatic rings. The Balaban J connectivity index is 2.01. The van der Waals surface area contributed by atoms with E-state index in [0.29, 0.717) is 6.07 Å². The van der Waals surface area contributed by atoms with Crippen LogP contribution in [0.4, 0.5) is 23.2 Å². The Kier molecular flexibility index (Phi) is 7.96. The molecule has 6 radical (unpaired) electrons. The van der Waals surface area contributed by atoms with E-state index in [-0.39, 0.29) is 17.1 Å². The lowest BCUT2D eigenvalue weighted by molar-refractivity contribution is -0.274. The van der Waals surface area contributed by atoms with Gasteiger partial charge in [0.2, 0.25) is 0 Å². The summed E-state index contributed by atoms with van der Waals surface area (Å²) >= 11 is 5.82. The molecule has 2 amide bonds. The second kappa shape index (κ2) is 10.6. The van der Waals surface area contributed by atoms with Crippen molar-refractivity contribution in [3.05, 3.63) is 70.8 Å². The van der Waals surface area contributed by atoms with Crippen LogP contribution in [-0.4, -0.2) is 52.0 Å². The number of nitrogens with one attached hydrogen (secondary N) is 1. The normalized spacial score (nSPS) is 11.5. The number of pyridine rings is 1. The Morgan fingerprint density at radius 1 is 0.973 bits per heavy atom. The van der Waals surface area contributed by atoms with Crippen LogP contribution in [0.3, 0.4) is 0 Å². The Morgan fingerprint density at radius 2 is 1.65 bits per heavy atom. The number of halogens is 5. The van der Waals surface area contributed by atoms with Gasteiger partial charge in [-0.15, -0.1) is 13.2 Å². The molecule has 0 saturated carbocycles. The number of rotatable bonds is 8. The van der Waals surface area contributed by atoms with Gasteiger partial charge in [0, 0.05) is 18.0 Å². The number of primary amides is 1. The average Bonchev–Trinajstić information content (AvgIpc) is 2.76. The molecule has 2 aromatic carbocycles. The van der Waals surface area contributed by atoms with Crippen molar-refractivity contribution in [2.45, 2.75) is 11.7 Å². The molecule has 1 heterocycles. The van der Waals surface area contributed by atoms with Crippen LogP contribution in [0.1, 0.15) is 20.8 Å². The molecule has 37 heavy (non-hydrogen) atoms. The molecule has 0 fully saturated rings. The molecule has 16 heteroatoms. The zero-order chi connectivity index (χ0) is 27.5. The fourth-order valence-electron chi connectivity index (χ4n) is 2.82. The van der Waals surface area contributed by atoms with Gasteiger partial charge in [0.1, 0.15) is 46.3 Å². The first-order chi connectivity index (χ1) is 17.1. The van der Waals surface area contributed by atoms with E-state index < -0.39 is 57.1 Å². The van der Waals surface area contributed by atoms with E-state index in [4.69, 9.17) is 50.3 Å². The second-order valence-electron chi connectivity index (χ2n) is 7.20. The van der Waals surface area contributed by atoms with E-state index in [0.717, 1.165) is 30.3 Å². The van der Waals surface area contributed by atoms with Crippen molar-refractivity contribution < 1.29 is 41.4 Å². The van der Waals surface area contributed by atoms with Gasteiger partial charge < -0.3 is 25.3 Å². The molecule has 0 spiro atoms. The summed E-state index contributed by atoms with van der Waals surface area (Å²) in [4.78, 5) is 28.0. The minimum Gasteiger partial charge on any atom is -0.512 e. The Labute approximate surface area is 215 Å². The third kappa shape index (κ3) is 7.56. The first kappa shape index (κ1) is 27.7. The van der Waals surface area contributed by atoms with E-state index in [2.05, 4.69) is 15.0 Å². The molecule has 0 bridgehead atoms. The van der Waals surface area contributed by atoms with Crippen LogP contribution in [0.5, 0.6) is 23.0 Å². The maximum atomic E-state index is 15.0. The largest absolute Gasteiger partial charge is 0.573 e. The summed E-state index contributed by atoms with van der Waals surface area (Å²) in [7, 11) is 16.2. The number of nitrogens with zero attached hydrogens (tertiary/aromatic N) is 1. The Bertz CT molecular complexity index is 1360. The van der Waals surface area contributed by atoms with E-state index in [1.165, 1.54) is 12.3 Å². The van der Waals surface area contributed by atoms with Gasteiger partial charge in [-0.25, -0.2) is 4.39 Å². The highest BCUT2D eigenvalue weighted by Crippen LogP contribution is 2.39. The first-order valence-electron chi connectivity index (χ1n) is 9.81. The lowest BCUT2D eigenvalue weighted by Gasteiger charge is -2.25. The molecule has 0 aliphatic heterocycles. The van der Waals surface area contributed by atoms with Gasteiger partial charge in [-0.1, -0.05) is 11.6 Å². The van der Waals surface area contributed by atoms with Crippen molar-refractivity contribution in [1.82, 2.24) is 4.98 Å². The summed E-state index contributed by atoms with van der Waals surface area (Å²) in [5.41, 5.74) is 4.28. The van der Waals surface area contributed by atoms with Crippen LogP contribution in [0.2, 0.25) is 5.02 Å². The lowest BCUT2D eigenvalue weighted by atomic mass is 9.52. The summed E-state index contributed by atoms with van der Waals surface area (Å²) < 4.78 is 67.3. The minimum absolute atomic E-state index is 0.0241. The quantitative estimate of drug-likeness (QED) is 0.342. The van der Waals surface area contributed by atoms with Crippen LogP contribution < -0.4 is 25.3 Å². The van der Waals surface area contributed by atoms with Gasteiger partial charge in [-0.3, -0.25) is 14.6 Å². The van der Waals surface area contributed by atoms with Crippen LogP contribution in [0.15, 0.2) is 48.7 Å². The van der Waals surface area contributed by atoms with Crippen molar-refractivity contribution in [2.24, 2.45) is 5.73 Å². The zero-order valence-corrected chi connectivity index (χ0v) is 19.1. The standard InChI is InChI=1S/C21H11B3ClF4N3O5/c22-20(23,24)37-15-8-10(36-21(27,28)29)1-3-13(15)35-14-4-2-11(25)17(26)16(14)19(34)32-9-5-6-31-12(7-9)18(30)33/h1-8H,(H2,30,33)(H,31,32,34). The number of carbonyl (C=O) groups is 2. The third-order valence-electron chi connectivity index (χ3n) is 4.21. The summed E-state index contributed by atoms with van der Waals surface area (Å²) in [5, 5.41) is -0.499. The molecule has 1 aromatic heterocycles. The van der Waals surface area contributed by atoms with Gasteiger partial charge in [0.15, 0.2) is 17.3 Å². The lowest BCUT2D eigenvalue weighted by Crippen LogP contribution is -2.37. The number of aromatic nitrogens is 1. The zero-order valence-electron chi connectivity index (χ0n) is 18.3. The number of carbonyl (C=O) groups excluding carboxylic acids is 2. The maximum absolute atomic E-state index is 15.0. The molecule has 0 aliphatic rings. The van der Waals surface area contributed by atoms with Crippen LogP contribution in [0, 0.1) is 5.82 Å². The minimum atomic E-state index is -5.04. The number of nitrogens with two attached hydrogens (primary N) is 1. The van der Waals surface area contributed by atoms with E-state index in [9.17, 15) is 27.2 Å². The van der Waals surface area contributed by atoms with Gasteiger partial charge in [0.05, 0.1) is 5.02 Å². The molecule has 0 saturated heterocycles. The first-order valence-corrected chi connectivity index (χ1v) is 10.2. The summed E-state index contributed by atoms with van der Waals surface area (Å²) in [6, 6.07) is 7.08. The molecule has 184 valence electrons. The SMILES string of the molecule is [B]C([B])([B])Oc1cc(OC(F)(F)F)ccc1Oc1ccc(Cl)c(F)c1C(=O)Nc1ccnc(C(N)=O)c1. The molecular weight excluding hydrogens is 518 g/mol. The van der Waals surface area contributed by atoms with Gasteiger partial charge in [-0.2, -0.15) is 0 Å². The van der Waals surface area contributed by atoms with E-state index in [1.54, 1.807) is 0 Å². The molecule has 0 atom stereocenters. The van der Waals surface area contributed by atoms with Crippen molar-refractivity contribution in [1.29, 1.82) is 0 Å². The summed E-state index contributed by atoms with van der Waals surface area (Å²) in [6.45, 7) is 0. The summed E-state index contributed by atoms with van der Waals surface area (Å²) in [5.74, 6) is -5.28. The van der Waals surface area contributed by atoms with Crippen LogP contribution in [0.25, 0.3) is 0 Å². The van der Waals surface area contributed by atoms with Crippen molar-refractivity contribution in [3.8, 4) is 23.0 Å². The average molecular weight is 529 g/mol. The fourth-order valence-corrected chi connectivity index (χ4v) is 2.98. The monoisotopic (exact) mass is 529 g/mol. The van der Waals surface area contributed by atoms with Crippen molar-refractivity contribution >= 4 is 52.6 Å². The number of amides is 2. The van der Waals surface area contributed by atoms with Crippen LogP contribution in [-0.2, 0) is 0 Å². The fraction of sp³-hybridized carbons (Fsp3) is 0.0952. The molecule has 3 N–H and O–H groups in total. The van der Waals surface area contributed by atoms with E-state index >= 15 is 0 Å². The number of anilines is 1. The number of hydrogen-bond donors (Lipinski definition) is 2. The van der Waals surface area contributed by atoms with Gasteiger partial charge in [-0.05, 0) is 41.7 Å². The highest BCUT2D eigenvalue weighted by Gasteiger charge is 2.32. The summed E-state index contributed by atoms with van der Waals surface area (Å²) in [6.07, 6.45) is -3.87. The molecule has 8 nitrogen and oxygen atoms in total. The smallest absolute Gasteiger partial charge is 0.512 e. The Hall–Kier alpha value is -3.87. The number of benzene rings is 2. The molecule has 0 unspecified atom stereocenters.